The minimum absolute atomic E-state index is 0.0305. The quantitative estimate of drug-likeness (QED) is 0.755. The zero-order valence-electron chi connectivity index (χ0n) is 10.6. The number of aliphatic hydroxyl groups excluding tert-OH is 1. The number of carbonyl (C=O) groups excluding carboxylic acids is 1. The van der Waals surface area contributed by atoms with Crippen LogP contribution < -0.4 is 0 Å². The molecule has 19 heavy (non-hydrogen) atoms. The maximum absolute atomic E-state index is 11.8. The molecule has 1 aliphatic heterocycles. The highest BCUT2D eigenvalue weighted by atomic mass is 16.5. The van der Waals surface area contributed by atoms with E-state index in [1.165, 1.54) is 7.11 Å². The average Bonchev–Trinajstić information content (AvgIpc) is 2.77. The SMILES string of the molecule is COC(=O)C1CCCc2c(C(=O)O)nc(CCO)n21. The van der Waals surface area contributed by atoms with Crippen molar-refractivity contribution in [3.8, 4) is 0 Å². The number of ether oxygens (including phenoxy) is 1. The maximum Gasteiger partial charge on any atom is 0.356 e. The first kappa shape index (κ1) is 13.5. The Balaban J connectivity index is 2.53. The largest absolute Gasteiger partial charge is 0.476 e. The second-order valence-corrected chi connectivity index (χ2v) is 4.40. The third kappa shape index (κ3) is 2.33. The lowest BCUT2D eigenvalue weighted by atomic mass is 10.0. The van der Waals surface area contributed by atoms with Crippen LogP contribution in [-0.2, 0) is 22.4 Å². The summed E-state index contributed by atoms with van der Waals surface area (Å²) in [7, 11) is 1.30. The number of hydrogen-bond donors (Lipinski definition) is 2. The molecule has 2 N–H and O–H groups in total. The number of nitrogens with zero attached hydrogens (tertiary/aromatic N) is 2. The molecule has 1 atom stereocenters. The van der Waals surface area contributed by atoms with Gasteiger partial charge in [0.1, 0.15) is 11.9 Å². The molecule has 0 fully saturated rings. The highest BCUT2D eigenvalue weighted by Gasteiger charge is 2.33. The molecular weight excluding hydrogens is 252 g/mol. The zero-order valence-corrected chi connectivity index (χ0v) is 10.6. The number of methoxy groups -OCH3 is 1. The van der Waals surface area contributed by atoms with Gasteiger partial charge in [-0.25, -0.2) is 14.6 Å². The van der Waals surface area contributed by atoms with Gasteiger partial charge in [-0.2, -0.15) is 0 Å². The Kier molecular flexibility index (Phi) is 3.84. The van der Waals surface area contributed by atoms with Crippen LogP contribution in [0.25, 0.3) is 0 Å². The number of carboxylic acid groups (broad SMARTS) is 1. The molecule has 7 nitrogen and oxygen atoms in total. The molecule has 2 heterocycles. The standard InChI is InChI=1S/C12H16N2O5/c1-19-12(18)8-4-2-3-7-10(11(16)17)13-9(5-6-15)14(7)8/h8,15H,2-6H2,1H3,(H,16,17). The summed E-state index contributed by atoms with van der Waals surface area (Å²) in [4.78, 5) is 27.0. The average molecular weight is 268 g/mol. The molecule has 2 rings (SSSR count). The topological polar surface area (TPSA) is 102 Å². The lowest BCUT2D eigenvalue weighted by Crippen LogP contribution is -2.28. The number of esters is 1. The van der Waals surface area contributed by atoms with E-state index in [0.717, 1.165) is 0 Å². The maximum atomic E-state index is 11.8. The molecule has 0 bridgehead atoms. The first-order valence-electron chi connectivity index (χ1n) is 6.12. The van der Waals surface area contributed by atoms with E-state index in [-0.39, 0.29) is 18.7 Å². The van der Waals surface area contributed by atoms with Gasteiger partial charge in [0.05, 0.1) is 19.4 Å². The van der Waals surface area contributed by atoms with Gasteiger partial charge >= 0.3 is 11.9 Å². The van der Waals surface area contributed by atoms with Gasteiger partial charge in [0.25, 0.3) is 0 Å². The summed E-state index contributed by atoms with van der Waals surface area (Å²) in [6.07, 6.45) is 2.08. The molecule has 0 amide bonds. The molecule has 1 unspecified atom stereocenters. The Bertz CT molecular complexity index is 508. The summed E-state index contributed by atoms with van der Waals surface area (Å²) in [6.45, 7) is -0.149. The van der Waals surface area contributed by atoms with Crippen LogP contribution in [0.3, 0.4) is 0 Å². The van der Waals surface area contributed by atoms with Crippen molar-refractivity contribution in [1.29, 1.82) is 0 Å². The molecule has 104 valence electrons. The van der Waals surface area contributed by atoms with Crippen molar-refractivity contribution in [2.45, 2.75) is 31.7 Å². The summed E-state index contributed by atoms with van der Waals surface area (Å²) in [5, 5.41) is 18.2. The molecule has 0 radical (unpaired) electrons. The summed E-state index contributed by atoms with van der Waals surface area (Å²) in [6, 6.07) is -0.545. The van der Waals surface area contributed by atoms with E-state index in [2.05, 4.69) is 4.98 Å². The van der Waals surface area contributed by atoms with Gasteiger partial charge in [-0.1, -0.05) is 0 Å². The third-order valence-corrected chi connectivity index (χ3v) is 3.30. The number of aromatic carboxylic acids is 1. The number of imidazole rings is 1. The van der Waals surface area contributed by atoms with Crippen molar-refractivity contribution in [3.05, 3.63) is 17.2 Å². The molecule has 7 heteroatoms. The summed E-state index contributed by atoms with van der Waals surface area (Å²) >= 11 is 0. The van der Waals surface area contributed by atoms with Crippen LogP contribution in [0.15, 0.2) is 0 Å². The van der Waals surface area contributed by atoms with Gasteiger partial charge in [0, 0.05) is 6.42 Å². The van der Waals surface area contributed by atoms with Crippen molar-refractivity contribution >= 4 is 11.9 Å². The van der Waals surface area contributed by atoms with Gasteiger partial charge in [-0.3, -0.25) is 0 Å². The normalized spacial score (nSPS) is 17.9. The van der Waals surface area contributed by atoms with Crippen LogP contribution in [0.4, 0.5) is 0 Å². The highest BCUT2D eigenvalue weighted by Crippen LogP contribution is 2.30. The Morgan fingerprint density at radius 1 is 1.53 bits per heavy atom. The number of hydrogen-bond acceptors (Lipinski definition) is 5. The van der Waals surface area contributed by atoms with Gasteiger partial charge in [0.2, 0.25) is 0 Å². The molecule has 1 aromatic heterocycles. The fraction of sp³-hybridized carbons (Fsp3) is 0.583. The van der Waals surface area contributed by atoms with Crippen molar-refractivity contribution in [2.24, 2.45) is 0 Å². The van der Waals surface area contributed by atoms with Crippen molar-refractivity contribution in [2.75, 3.05) is 13.7 Å². The first-order valence-corrected chi connectivity index (χ1v) is 6.12. The van der Waals surface area contributed by atoms with Crippen LogP contribution in [0.2, 0.25) is 0 Å². The van der Waals surface area contributed by atoms with Crippen LogP contribution in [-0.4, -0.2) is 45.4 Å². The molecule has 1 aliphatic rings. The first-order chi connectivity index (χ1) is 9.10. The number of fused-ring (bicyclic) bond motifs is 1. The minimum Gasteiger partial charge on any atom is -0.476 e. The number of carbonyl (C=O) groups is 2. The van der Waals surface area contributed by atoms with Crippen molar-refractivity contribution in [3.63, 3.8) is 0 Å². The van der Waals surface area contributed by atoms with Crippen molar-refractivity contribution in [1.82, 2.24) is 9.55 Å². The Hall–Kier alpha value is -1.89. The van der Waals surface area contributed by atoms with E-state index in [1.54, 1.807) is 4.57 Å². The Morgan fingerprint density at radius 2 is 2.26 bits per heavy atom. The number of rotatable bonds is 4. The van der Waals surface area contributed by atoms with Crippen LogP contribution in [0.5, 0.6) is 0 Å². The monoisotopic (exact) mass is 268 g/mol. The van der Waals surface area contributed by atoms with Gasteiger partial charge in [-0.15, -0.1) is 0 Å². The highest BCUT2D eigenvalue weighted by molar-refractivity contribution is 5.87. The lowest BCUT2D eigenvalue weighted by Gasteiger charge is -2.25. The fourth-order valence-electron chi connectivity index (χ4n) is 2.52. The van der Waals surface area contributed by atoms with Gasteiger partial charge in [-0.05, 0) is 19.3 Å². The molecule has 0 aliphatic carbocycles. The van der Waals surface area contributed by atoms with Gasteiger partial charge in [0.15, 0.2) is 5.69 Å². The molecule has 0 saturated heterocycles. The Labute approximate surface area is 109 Å². The zero-order chi connectivity index (χ0) is 14.0. The number of aliphatic hydroxyl groups is 1. The van der Waals surface area contributed by atoms with E-state index in [4.69, 9.17) is 14.9 Å². The van der Waals surface area contributed by atoms with E-state index in [0.29, 0.717) is 30.8 Å². The van der Waals surface area contributed by atoms with Crippen LogP contribution in [0.1, 0.15) is 40.9 Å². The molecule has 0 spiro atoms. The second-order valence-electron chi connectivity index (χ2n) is 4.40. The van der Waals surface area contributed by atoms with E-state index in [1.807, 2.05) is 0 Å². The Morgan fingerprint density at radius 3 is 2.84 bits per heavy atom. The third-order valence-electron chi connectivity index (χ3n) is 3.30. The summed E-state index contributed by atoms with van der Waals surface area (Å²) in [5.74, 6) is -1.10. The minimum atomic E-state index is -1.11. The molecule has 0 saturated carbocycles. The predicted octanol–water partition coefficient (Wildman–Crippen LogP) is 0.166. The van der Waals surface area contributed by atoms with Crippen LogP contribution >= 0.6 is 0 Å². The molecule has 0 aromatic carbocycles. The summed E-state index contributed by atoms with van der Waals surface area (Å²) in [5.41, 5.74) is 0.509. The summed E-state index contributed by atoms with van der Waals surface area (Å²) < 4.78 is 6.37. The van der Waals surface area contributed by atoms with E-state index in [9.17, 15) is 9.59 Å². The van der Waals surface area contributed by atoms with Gasteiger partial charge < -0.3 is 19.5 Å². The van der Waals surface area contributed by atoms with Crippen LogP contribution in [0, 0.1) is 0 Å². The molecule has 1 aromatic rings. The van der Waals surface area contributed by atoms with E-state index >= 15 is 0 Å². The smallest absolute Gasteiger partial charge is 0.356 e. The fourth-order valence-corrected chi connectivity index (χ4v) is 2.52. The predicted molar refractivity (Wildman–Crippen MR) is 64.0 cm³/mol. The van der Waals surface area contributed by atoms with E-state index < -0.39 is 18.0 Å². The number of carboxylic acids is 1. The lowest BCUT2D eigenvalue weighted by molar-refractivity contribution is -0.145. The van der Waals surface area contributed by atoms with Crippen molar-refractivity contribution < 1.29 is 24.5 Å². The second kappa shape index (κ2) is 5.40. The number of aromatic nitrogens is 2. The molecular formula is C12H16N2O5.